The predicted octanol–water partition coefficient (Wildman–Crippen LogP) is 4.44. The van der Waals surface area contributed by atoms with Crippen LogP contribution in [0.15, 0.2) is 103 Å². The number of benzene rings is 4. The monoisotopic (exact) mass is 518 g/mol. The zero-order valence-corrected chi connectivity index (χ0v) is 21.7. The fraction of sp³-hybridized carbons (Fsp3) is 0.156. The van der Waals surface area contributed by atoms with Crippen molar-refractivity contribution in [2.45, 2.75) is 19.0 Å². The molecule has 0 bridgehead atoms. The van der Waals surface area contributed by atoms with E-state index in [-0.39, 0.29) is 18.4 Å². The summed E-state index contributed by atoms with van der Waals surface area (Å²) in [5, 5.41) is 8.50. The molecule has 0 saturated heterocycles. The first-order valence-corrected chi connectivity index (χ1v) is 12.9. The van der Waals surface area contributed by atoms with E-state index in [0.717, 1.165) is 32.8 Å². The van der Waals surface area contributed by atoms with Crippen molar-refractivity contribution >= 4 is 39.4 Å². The lowest BCUT2D eigenvalue weighted by atomic mass is 10.0. The summed E-state index contributed by atoms with van der Waals surface area (Å²) in [7, 11) is 1.73. The van der Waals surface area contributed by atoms with Gasteiger partial charge in [0.05, 0.1) is 12.1 Å². The van der Waals surface area contributed by atoms with Crippen LogP contribution in [0, 0.1) is 0 Å². The van der Waals surface area contributed by atoms with E-state index in [4.69, 9.17) is 0 Å². The lowest BCUT2D eigenvalue weighted by molar-refractivity contribution is -0.135. The van der Waals surface area contributed by atoms with Gasteiger partial charge in [-0.25, -0.2) is 0 Å². The summed E-state index contributed by atoms with van der Waals surface area (Å²) in [6, 6.07) is 30.4. The van der Waals surface area contributed by atoms with E-state index < -0.39 is 11.9 Å². The third kappa shape index (κ3) is 6.15. The molecule has 4 aromatic carbocycles. The number of likely N-dealkylation sites (N-methyl/N-ethyl adjacent to an activating group) is 1. The quantitative estimate of drug-likeness (QED) is 0.269. The molecule has 0 spiro atoms. The van der Waals surface area contributed by atoms with Crippen molar-refractivity contribution in [2.75, 3.05) is 13.6 Å². The number of nitrogens with zero attached hydrogens (tertiary/aromatic N) is 1. The molecule has 3 amide bonds. The van der Waals surface area contributed by atoms with Gasteiger partial charge in [0.1, 0.15) is 6.04 Å². The van der Waals surface area contributed by atoms with Crippen LogP contribution in [0.4, 0.5) is 0 Å². The molecule has 7 nitrogen and oxygen atoms in total. The Morgan fingerprint density at radius 3 is 2.36 bits per heavy atom. The second kappa shape index (κ2) is 11.6. The number of H-pyrrole nitrogens is 1. The fourth-order valence-corrected chi connectivity index (χ4v) is 4.76. The second-order valence-corrected chi connectivity index (χ2v) is 9.62. The molecule has 0 radical (unpaired) electrons. The normalized spacial score (nSPS) is 11.7. The zero-order chi connectivity index (χ0) is 27.2. The van der Waals surface area contributed by atoms with E-state index in [1.807, 2.05) is 97.1 Å². The minimum absolute atomic E-state index is 0.205. The molecule has 5 rings (SSSR count). The van der Waals surface area contributed by atoms with Crippen molar-refractivity contribution in [2.24, 2.45) is 0 Å². The van der Waals surface area contributed by atoms with Gasteiger partial charge in [-0.15, -0.1) is 0 Å². The van der Waals surface area contributed by atoms with Crippen molar-refractivity contribution in [3.05, 3.63) is 120 Å². The van der Waals surface area contributed by atoms with Crippen LogP contribution in [0.1, 0.15) is 21.5 Å². The van der Waals surface area contributed by atoms with Gasteiger partial charge in [0.15, 0.2) is 0 Å². The topological polar surface area (TPSA) is 94.3 Å². The van der Waals surface area contributed by atoms with E-state index in [0.29, 0.717) is 18.5 Å². The van der Waals surface area contributed by atoms with Crippen molar-refractivity contribution in [1.82, 2.24) is 20.5 Å². The molecule has 1 heterocycles. The molecule has 0 aliphatic rings. The van der Waals surface area contributed by atoms with Gasteiger partial charge >= 0.3 is 0 Å². The first kappa shape index (κ1) is 25.7. The van der Waals surface area contributed by atoms with Crippen molar-refractivity contribution < 1.29 is 14.4 Å². The van der Waals surface area contributed by atoms with Gasteiger partial charge in [-0.2, -0.15) is 0 Å². The lowest BCUT2D eigenvalue weighted by Gasteiger charge is -2.25. The minimum atomic E-state index is -0.794. The van der Waals surface area contributed by atoms with E-state index in [1.165, 1.54) is 0 Å². The van der Waals surface area contributed by atoms with E-state index in [2.05, 4.69) is 15.6 Å². The number of hydrogen-bond donors (Lipinski definition) is 3. The maximum Gasteiger partial charge on any atom is 0.253 e. The molecule has 7 heteroatoms. The summed E-state index contributed by atoms with van der Waals surface area (Å²) < 4.78 is 0. The Kier molecular flexibility index (Phi) is 7.68. The zero-order valence-electron chi connectivity index (χ0n) is 21.7. The molecule has 3 N–H and O–H groups in total. The standard InChI is InChI=1S/C32H30N4O3/c1-36(21-22-9-3-2-4-10-22)32(39)29(18-23-15-16-24-11-5-6-12-25(24)17-23)35-30(37)20-34-31(38)27-19-33-28-14-8-7-13-26(27)28/h2-17,19,29,33H,18,20-21H2,1H3,(H,34,38)(H,35,37)/t29-/m0/s1. The number of rotatable bonds is 9. The highest BCUT2D eigenvalue weighted by atomic mass is 16.2. The van der Waals surface area contributed by atoms with Crippen LogP contribution >= 0.6 is 0 Å². The predicted molar refractivity (Wildman–Crippen MR) is 153 cm³/mol. The number of fused-ring (bicyclic) bond motifs is 2. The number of para-hydroxylation sites is 1. The minimum Gasteiger partial charge on any atom is -0.360 e. The summed E-state index contributed by atoms with van der Waals surface area (Å²) in [5.41, 5.74) is 3.23. The maximum atomic E-state index is 13.5. The Morgan fingerprint density at radius 1 is 0.821 bits per heavy atom. The number of amides is 3. The third-order valence-electron chi connectivity index (χ3n) is 6.77. The first-order valence-electron chi connectivity index (χ1n) is 12.9. The molecular formula is C32H30N4O3. The number of nitrogens with one attached hydrogen (secondary N) is 3. The smallest absolute Gasteiger partial charge is 0.253 e. The Balaban J connectivity index is 1.29. The van der Waals surface area contributed by atoms with Gasteiger partial charge in [-0.3, -0.25) is 14.4 Å². The van der Waals surface area contributed by atoms with Gasteiger partial charge in [0.2, 0.25) is 11.8 Å². The molecule has 1 aromatic heterocycles. The highest BCUT2D eigenvalue weighted by Crippen LogP contribution is 2.19. The van der Waals surface area contributed by atoms with E-state index in [1.54, 1.807) is 18.1 Å². The highest BCUT2D eigenvalue weighted by molar-refractivity contribution is 6.07. The fourth-order valence-electron chi connectivity index (χ4n) is 4.76. The number of carbonyl (C=O) groups excluding carboxylic acids is 3. The summed E-state index contributed by atoms with van der Waals surface area (Å²) in [6.07, 6.45) is 1.95. The molecule has 5 aromatic rings. The third-order valence-corrected chi connectivity index (χ3v) is 6.77. The van der Waals surface area contributed by atoms with E-state index >= 15 is 0 Å². The van der Waals surface area contributed by atoms with Gasteiger partial charge in [0, 0.05) is 37.1 Å². The van der Waals surface area contributed by atoms with E-state index in [9.17, 15) is 14.4 Å². The van der Waals surface area contributed by atoms with Crippen molar-refractivity contribution in [3.8, 4) is 0 Å². The Hall–Kier alpha value is -4.91. The SMILES string of the molecule is CN(Cc1ccccc1)C(=O)[C@H](Cc1ccc2ccccc2c1)NC(=O)CNC(=O)c1c[nH]c2ccccc12. The molecule has 0 aliphatic carbocycles. The Morgan fingerprint density at radius 2 is 1.54 bits per heavy atom. The molecular weight excluding hydrogens is 488 g/mol. The highest BCUT2D eigenvalue weighted by Gasteiger charge is 2.25. The Bertz CT molecular complexity index is 1630. The van der Waals surface area contributed by atoms with Crippen molar-refractivity contribution in [3.63, 3.8) is 0 Å². The number of aromatic nitrogens is 1. The van der Waals surface area contributed by atoms with Crippen LogP contribution < -0.4 is 10.6 Å². The summed E-state index contributed by atoms with van der Waals surface area (Å²) in [4.78, 5) is 44.0. The summed E-state index contributed by atoms with van der Waals surface area (Å²) in [6.45, 7) is 0.170. The van der Waals surface area contributed by atoms with Crippen LogP contribution in [0.2, 0.25) is 0 Å². The molecule has 0 aliphatic heterocycles. The number of hydrogen-bond acceptors (Lipinski definition) is 3. The van der Waals surface area contributed by atoms with Crippen LogP contribution in [0.5, 0.6) is 0 Å². The number of carbonyl (C=O) groups is 3. The molecule has 0 fully saturated rings. The molecule has 0 saturated carbocycles. The van der Waals surface area contributed by atoms with Crippen LogP contribution in [-0.4, -0.2) is 47.2 Å². The van der Waals surface area contributed by atoms with Crippen LogP contribution in [0.3, 0.4) is 0 Å². The van der Waals surface area contributed by atoms with Gasteiger partial charge in [-0.05, 0) is 28.0 Å². The molecule has 39 heavy (non-hydrogen) atoms. The first-order chi connectivity index (χ1) is 19.0. The second-order valence-electron chi connectivity index (χ2n) is 9.62. The number of aromatic amines is 1. The lowest BCUT2D eigenvalue weighted by Crippen LogP contribution is -2.50. The largest absolute Gasteiger partial charge is 0.360 e. The maximum absolute atomic E-state index is 13.5. The summed E-state index contributed by atoms with van der Waals surface area (Å²) in [5.74, 6) is -1.00. The molecule has 196 valence electrons. The van der Waals surface area contributed by atoms with Crippen molar-refractivity contribution in [1.29, 1.82) is 0 Å². The van der Waals surface area contributed by atoms with Crippen LogP contribution in [0.25, 0.3) is 21.7 Å². The van der Waals surface area contributed by atoms with Gasteiger partial charge < -0.3 is 20.5 Å². The average molecular weight is 519 g/mol. The summed E-state index contributed by atoms with van der Waals surface area (Å²) >= 11 is 0. The van der Waals surface area contributed by atoms with Crippen LogP contribution in [-0.2, 0) is 22.6 Å². The Labute approximate surface area is 226 Å². The van der Waals surface area contributed by atoms with Gasteiger partial charge in [0.25, 0.3) is 5.91 Å². The average Bonchev–Trinajstić information content (AvgIpc) is 3.40. The molecule has 1 atom stereocenters. The van der Waals surface area contributed by atoms with Gasteiger partial charge in [-0.1, -0.05) is 91.0 Å². The molecule has 0 unspecified atom stereocenters.